The van der Waals surface area contributed by atoms with E-state index in [1.165, 1.54) is 0 Å². The molecular weight excluding hydrogens is 313 g/mol. The molecule has 0 spiro atoms. The zero-order valence-electron chi connectivity index (χ0n) is 12.3. The first-order valence-electron chi connectivity index (χ1n) is 6.79. The number of hydrogen-bond donors (Lipinski definition) is 2. The van der Waals surface area contributed by atoms with Crippen molar-refractivity contribution < 1.29 is 14.6 Å². The van der Waals surface area contributed by atoms with Crippen molar-refractivity contribution in [1.82, 2.24) is 5.32 Å². The second kappa shape index (κ2) is 8.47. The van der Waals surface area contributed by atoms with Crippen LogP contribution in [0.3, 0.4) is 0 Å². The number of carbonyl (C=O) groups is 1. The predicted octanol–water partition coefficient (Wildman–Crippen LogP) is 3.29. The van der Waals surface area contributed by atoms with Gasteiger partial charge in [-0.05, 0) is 36.5 Å². The van der Waals surface area contributed by atoms with Gasteiger partial charge in [0.1, 0.15) is 5.75 Å². The van der Waals surface area contributed by atoms with E-state index in [1.807, 2.05) is 13.8 Å². The van der Waals surface area contributed by atoms with Crippen molar-refractivity contribution in [2.24, 2.45) is 5.41 Å². The van der Waals surface area contributed by atoms with E-state index in [0.29, 0.717) is 22.3 Å². The van der Waals surface area contributed by atoms with Gasteiger partial charge in [-0.1, -0.05) is 37.0 Å². The molecule has 0 aliphatic heterocycles. The number of nitrogens with one attached hydrogen (secondary N) is 1. The fourth-order valence-corrected chi connectivity index (χ4v) is 2.23. The Bertz CT molecular complexity index is 478. The summed E-state index contributed by atoms with van der Waals surface area (Å²) in [5, 5.41) is 12.5. The predicted molar refractivity (Wildman–Crippen MR) is 85.1 cm³/mol. The third kappa shape index (κ3) is 7.02. The van der Waals surface area contributed by atoms with E-state index in [1.54, 1.807) is 18.2 Å². The minimum absolute atomic E-state index is 0.0592. The van der Waals surface area contributed by atoms with E-state index in [0.717, 1.165) is 12.8 Å². The minimum Gasteiger partial charge on any atom is -0.482 e. The molecule has 0 aliphatic rings. The average molecular weight is 334 g/mol. The molecule has 0 aliphatic carbocycles. The van der Waals surface area contributed by atoms with Crippen molar-refractivity contribution >= 4 is 29.1 Å². The number of benzene rings is 1. The zero-order chi connectivity index (χ0) is 15.9. The Morgan fingerprint density at radius 3 is 2.71 bits per heavy atom. The van der Waals surface area contributed by atoms with Gasteiger partial charge in [-0.2, -0.15) is 0 Å². The van der Waals surface area contributed by atoms with Crippen LogP contribution in [0.2, 0.25) is 10.0 Å². The van der Waals surface area contributed by atoms with Gasteiger partial charge < -0.3 is 15.2 Å². The van der Waals surface area contributed by atoms with Gasteiger partial charge in [0, 0.05) is 18.2 Å². The first kappa shape index (κ1) is 18.1. The highest BCUT2D eigenvalue weighted by Gasteiger charge is 2.18. The van der Waals surface area contributed by atoms with Crippen LogP contribution in [-0.2, 0) is 4.79 Å². The van der Waals surface area contributed by atoms with E-state index in [2.05, 4.69) is 5.32 Å². The summed E-state index contributed by atoms with van der Waals surface area (Å²) >= 11 is 11.7. The monoisotopic (exact) mass is 333 g/mol. The molecule has 118 valence electrons. The molecule has 4 nitrogen and oxygen atoms in total. The number of aliphatic hydroxyl groups excluding tert-OH is 1. The maximum Gasteiger partial charge on any atom is 0.257 e. The summed E-state index contributed by atoms with van der Waals surface area (Å²) in [4.78, 5) is 11.8. The standard InChI is InChI=1S/C15H21Cl2NO3/c1-15(2,6-3-7-19)10-18-14(20)9-21-13-5-4-11(16)8-12(13)17/h4-5,8,19H,3,6-7,9-10H2,1-2H3,(H,18,20). The lowest BCUT2D eigenvalue weighted by Crippen LogP contribution is -2.36. The van der Waals surface area contributed by atoms with Crippen molar-refractivity contribution in [2.75, 3.05) is 19.8 Å². The summed E-state index contributed by atoms with van der Waals surface area (Å²) in [7, 11) is 0. The molecule has 0 fully saturated rings. The highest BCUT2D eigenvalue weighted by molar-refractivity contribution is 6.35. The molecule has 21 heavy (non-hydrogen) atoms. The topological polar surface area (TPSA) is 58.6 Å². The van der Waals surface area contributed by atoms with Crippen LogP contribution in [0.1, 0.15) is 26.7 Å². The summed E-state index contributed by atoms with van der Waals surface area (Å²) in [5.74, 6) is 0.217. The molecular formula is C15H21Cl2NO3. The van der Waals surface area contributed by atoms with E-state index in [4.69, 9.17) is 33.0 Å². The first-order chi connectivity index (χ1) is 9.84. The lowest BCUT2D eigenvalue weighted by atomic mass is 9.88. The van der Waals surface area contributed by atoms with Gasteiger partial charge in [-0.3, -0.25) is 4.79 Å². The molecule has 0 saturated carbocycles. The molecule has 0 bridgehead atoms. The molecule has 0 unspecified atom stereocenters. The molecule has 1 amide bonds. The largest absolute Gasteiger partial charge is 0.482 e. The van der Waals surface area contributed by atoms with Gasteiger partial charge in [0.25, 0.3) is 5.91 Å². The molecule has 2 N–H and O–H groups in total. The molecule has 0 atom stereocenters. The molecule has 0 radical (unpaired) electrons. The summed E-state index contributed by atoms with van der Waals surface area (Å²) in [6, 6.07) is 4.84. The summed E-state index contributed by atoms with van der Waals surface area (Å²) in [5.41, 5.74) is -0.0592. The average Bonchev–Trinajstić information content (AvgIpc) is 2.42. The van der Waals surface area contributed by atoms with Crippen molar-refractivity contribution in [3.8, 4) is 5.75 Å². The van der Waals surface area contributed by atoms with Crippen molar-refractivity contribution in [3.63, 3.8) is 0 Å². The number of halogens is 2. The second-order valence-corrected chi connectivity index (χ2v) is 6.48. The van der Waals surface area contributed by atoms with Crippen molar-refractivity contribution in [1.29, 1.82) is 0 Å². The fourth-order valence-electron chi connectivity index (χ4n) is 1.77. The summed E-state index contributed by atoms with van der Waals surface area (Å²) in [6.45, 7) is 4.68. The molecule has 0 saturated heterocycles. The van der Waals surface area contributed by atoms with Crippen LogP contribution in [-0.4, -0.2) is 30.8 Å². The van der Waals surface area contributed by atoms with Crippen molar-refractivity contribution in [2.45, 2.75) is 26.7 Å². The molecule has 0 heterocycles. The van der Waals surface area contributed by atoms with Crippen LogP contribution >= 0.6 is 23.2 Å². The van der Waals surface area contributed by atoms with Crippen LogP contribution in [0.4, 0.5) is 0 Å². The number of hydrogen-bond acceptors (Lipinski definition) is 3. The third-order valence-electron chi connectivity index (χ3n) is 3.03. The minimum atomic E-state index is -0.210. The lowest BCUT2D eigenvalue weighted by Gasteiger charge is -2.24. The Morgan fingerprint density at radius 2 is 2.10 bits per heavy atom. The van der Waals surface area contributed by atoms with Crippen LogP contribution in [0.5, 0.6) is 5.75 Å². The van der Waals surface area contributed by atoms with Crippen LogP contribution in [0, 0.1) is 5.41 Å². The fraction of sp³-hybridized carbons (Fsp3) is 0.533. The molecule has 1 aromatic rings. The first-order valence-corrected chi connectivity index (χ1v) is 7.55. The Labute approximate surface area is 135 Å². The summed E-state index contributed by atoms with van der Waals surface area (Å²) in [6.07, 6.45) is 1.56. The molecule has 0 aromatic heterocycles. The Balaban J connectivity index is 2.37. The number of aliphatic hydroxyl groups is 1. The quantitative estimate of drug-likeness (QED) is 0.767. The van der Waals surface area contributed by atoms with Gasteiger partial charge in [0.05, 0.1) is 5.02 Å². The highest BCUT2D eigenvalue weighted by Crippen LogP contribution is 2.27. The Kier molecular flexibility index (Phi) is 7.29. The number of carbonyl (C=O) groups excluding carboxylic acids is 1. The number of amides is 1. The Hall–Kier alpha value is -0.970. The van der Waals surface area contributed by atoms with Gasteiger partial charge in [-0.25, -0.2) is 0 Å². The third-order valence-corrected chi connectivity index (χ3v) is 3.56. The maximum absolute atomic E-state index is 11.8. The van der Waals surface area contributed by atoms with Crippen LogP contribution < -0.4 is 10.1 Å². The lowest BCUT2D eigenvalue weighted by molar-refractivity contribution is -0.123. The van der Waals surface area contributed by atoms with E-state index < -0.39 is 0 Å². The molecule has 1 rings (SSSR count). The summed E-state index contributed by atoms with van der Waals surface area (Å²) < 4.78 is 5.36. The SMILES string of the molecule is CC(C)(CCCO)CNC(=O)COc1ccc(Cl)cc1Cl. The van der Waals surface area contributed by atoms with Gasteiger partial charge in [-0.15, -0.1) is 0 Å². The van der Waals surface area contributed by atoms with Crippen LogP contribution in [0.25, 0.3) is 0 Å². The molecule has 1 aromatic carbocycles. The number of ether oxygens (including phenoxy) is 1. The van der Waals surface area contributed by atoms with Crippen LogP contribution in [0.15, 0.2) is 18.2 Å². The Morgan fingerprint density at radius 1 is 1.38 bits per heavy atom. The van der Waals surface area contributed by atoms with Gasteiger partial charge in [0.15, 0.2) is 6.61 Å². The highest BCUT2D eigenvalue weighted by atomic mass is 35.5. The van der Waals surface area contributed by atoms with E-state index in [-0.39, 0.29) is 24.5 Å². The number of rotatable bonds is 8. The normalized spacial score (nSPS) is 11.3. The maximum atomic E-state index is 11.8. The van der Waals surface area contributed by atoms with Crippen molar-refractivity contribution in [3.05, 3.63) is 28.2 Å². The second-order valence-electron chi connectivity index (χ2n) is 5.63. The smallest absolute Gasteiger partial charge is 0.257 e. The van der Waals surface area contributed by atoms with Gasteiger partial charge >= 0.3 is 0 Å². The molecule has 6 heteroatoms. The van der Waals surface area contributed by atoms with E-state index in [9.17, 15) is 4.79 Å². The van der Waals surface area contributed by atoms with Gasteiger partial charge in [0.2, 0.25) is 0 Å². The zero-order valence-corrected chi connectivity index (χ0v) is 13.8. The van der Waals surface area contributed by atoms with E-state index >= 15 is 0 Å².